The van der Waals surface area contributed by atoms with Crippen molar-refractivity contribution in [2.24, 2.45) is 45.8 Å². The van der Waals surface area contributed by atoms with Crippen LogP contribution in [-0.2, 0) is 9.53 Å². The fraction of sp³-hybridized carbons (Fsp3) is 0.844. The predicted molar refractivity (Wildman–Crippen MR) is 142 cm³/mol. The highest BCUT2D eigenvalue weighted by molar-refractivity contribution is 5.72. The molecule has 34 heavy (non-hydrogen) atoms. The quantitative estimate of drug-likeness (QED) is 0.275. The molecule has 1 heterocycles. The fourth-order valence-corrected chi connectivity index (χ4v) is 9.75. The Labute approximate surface area is 210 Å². The first-order valence-electron chi connectivity index (χ1n) is 14.4. The van der Waals surface area contributed by atoms with E-state index in [4.69, 9.17) is 4.74 Å². The van der Waals surface area contributed by atoms with Crippen molar-refractivity contribution in [3.63, 3.8) is 0 Å². The Kier molecular flexibility index (Phi) is 6.74. The number of esters is 1. The molecule has 4 aliphatic rings. The molecule has 1 aliphatic heterocycles. The summed E-state index contributed by atoms with van der Waals surface area (Å²) in [6.07, 6.45) is 12.9. The smallest absolute Gasteiger partial charge is 0.306 e. The zero-order valence-electron chi connectivity index (χ0n) is 23.4. The highest BCUT2D eigenvalue weighted by Gasteiger charge is 2.68. The average Bonchev–Trinajstić information content (AvgIpc) is 3.29. The number of rotatable bonds is 7. The van der Waals surface area contributed by atoms with Crippen LogP contribution in [0.25, 0.3) is 0 Å². The van der Waals surface area contributed by atoms with Crippen LogP contribution in [0.15, 0.2) is 24.3 Å². The number of carbonyl (C=O) groups excluding carboxylic acids is 1. The fourth-order valence-electron chi connectivity index (χ4n) is 9.75. The van der Waals surface area contributed by atoms with Crippen molar-refractivity contribution >= 4 is 5.97 Å². The van der Waals surface area contributed by atoms with Gasteiger partial charge in [-0.1, -0.05) is 58.9 Å². The van der Waals surface area contributed by atoms with E-state index in [9.17, 15) is 4.79 Å². The molecule has 0 bridgehead atoms. The molecular weight excluding hydrogens is 416 g/mol. The molecule has 0 N–H and O–H groups in total. The molecule has 2 heteroatoms. The van der Waals surface area contributed by atoms with Crippen LogP contribution in [0.2, 0.25) is 0 Å². The lowest BCUT2D eigenvalue weighted by Gasteiger charge is -2.63. The molecule has 3 aliphatic carbocycles. The number of hydrogen-bond donors (Lipinski definition) is 0. The molecule has 0 radical (unpaired) electrons. The van der Waals surface area contributed by atoms with E-state index >= 15 is 0 Å². The summed E-state index contributed by atoms with van der Waals surface area (Å²) >= 11 is 0. The second-order valence-electron chi connectivity index (χ2n) is 13.8. The van der Waals surface area contributed by atoms with E-state index in [1.165, 1.54) is 62.5 Å². The van der Waals surface area contributed by atoms with Gasteiger partial charge in [-0.2, -0.15) is 0 Å². The number of ether oxygens (including phenoxy) is 1. The SMILES string of the molecule is C=C(C)[C@@H]1CC[C@@H]2[C@H](CC[C@]3(C)[C@@H]([C@H](C)CC[C@](C)(CC)C(=C)C)CC[C@@]23C)[C@@]12CCC(=O)O2. The van der Waals surface area contributed by atoms with Crippen molar-refractivity contribution in [2.45, 2.75) is 125 Å². The Balaban J connectivity index is 1.58. The van der Waals surface area contributed by atoms with Gasteiger partial charge in [0, 0.05) is 18.3 Å². The van der Waals surface area contributed by atoms with Gasteiger partial charge in [0.15, 0.2) is 0 Å². The van der Waals surface area contributed by atoms with E-state index in [2.05, 4.69) is 61.6 Å². The Bertz CT molecular complexity index is 842. The van der Waals surface area contributed by atoms with E-state index in [-0.39, 0.29) is 17.0 Å². The summed E-state index contributed by atoms with van der Waals surface area (Å²) in [5, 5.41) is 0. The van der Waals surface area contributed by atoms with Crippen molar-refractivity contribution in [1.29, 1.82) is 0 Å². The van der Waals surface area contributed by atoms with Gasteiger partial charge < -0.3 is 4.74 Å². The standard InChI is InChI=1S/C32H52O2/c1-10-29(7,22(4)5)17-13-23(6)25-14-18-31(9)26-12-11-24(21(2)3)32(20-16-28(33)34-32)27(26)15-19-30(25,31)8/h23-27H,2,4,10-20H2,1,3,5-9H3/t23-,24+,25-,26-,27+,29+,30-,31+,32-/m1/s1. The largest absolute Gasteiger partial charge is 0.458 e. The third kappa shape index (κ3) is 3.67. The van der Waals surface area contributed by atoms with Crippen molar-refractivity contribution in [1.82, 2.24) is 0 Å². The summed E-state index contributed by atoms with van der Waals surface area (Å²) in [4.78, 5) is 12.4. The van der Waals surface area contributed by atoms with Crippen LogP contribution in [0.3, 0.4) is 0 Å². The van der Waals surface area contributed by atoms with Gasteiger partial charge in [-0.05, 0) is 112 Å². The lowest BCUT2D eigenvalue weighted by Crippen LogP contribution is -2.60. The summed E-state index contributed by atoms with van der Waals surface area (Å²) in [6, 6.07) is 0. The first kappa shape index (κ1) is 26.0. The van der Waals surface area contributed by atoms with Crippen molar-refractivity contribution in [3.8, 4) is 0 Å². The van der Waals surface area contributed by atoms with Gasteiger partial charge in [0.2, 0.25) is 0 Å². The molecular formula is C32H52O2. The van der Waals surface area contributed by atoms with Crippen LogP contribution >= 0.6 is 0 Å². The molecule has 0 aromatic rings. The number of allylic oxidation sites excluding steroid dienone is 1. The summed E-state index contributed by atoms with van der Waals surface area (Å²) < 4.78 is 6.34. The zero-order chi connectivity index (χ0) is 25.1. The summed E-state index contributed by atoms with van der Waals surface area (Å²) in [5.41, 5.74) is 3.30. The summed E-state index contributed by atoms with van der Waals surface area (Å²) in [5.74, 6) is 3.09. The number of fused-ring (bicyclic) bond motifs is 4. The van der Waals surface area contributed by atoms with E-state index in [1.807, 2.05) is 0 Å². The van der Waals surface area contributed by atoms with Crippen LogP contribution in [-0.4, -0.2) is 11.6 Å². The molecule has 9 atom stereocenters. The van der Waals surface area contributed by atoms with E-state index in [0.717, 1.165) is 24.7 Å². The molecule has 2 nitrogen and oxygen atoms in total. The second-order valence-corrected chi connectivity index (χ2v) is 13.8. The van der Waals surface area contributed by atoms with Crippen LogP contribution in [0.5, 0.6) is 0 Å². The zero-order valence-corrected chi connectivity index (χ0v) is 23.4. The minimum absolute atomic E-state index is 0.0276. The minimum atomic E-state index is -0.274. The maximum atomic E-state index is 12.4. The molecule has 0 unspecified atom stereocenters. The molecule has 3 saturated carbocycles. The van der Waals surface area contributed by atoms with Gasteiger partial charge >= 0.3 is 5.97 Å². The van der Waals surface area contributed by atoms with Gasteiger partial charge in [-0.3, -0.25) is 4.79 Å². The monoisotopic (exact) mass is 468 g/mol. The van der Waals surface area contributed by atoms with E-state index < -0.39 is 0 Å². The van der Waals surface area contributed by atoms with Gasteiger partial charge in [-0.25, -0.2) is 0 Å². The summed E-state index contributed by atoms with van der Waals surface area (Å²) in [7, 11) is 0. The molecule has 1 spiro atoms. The van der Waals surface area contributed by atoms with Crippen LogP contribution in [0.4, 0.5) is 0 Å². The highest BCUT2D eigenvalue weighted by atomic mass is 16.6. The Morgan fingerprint density at radius 1 is 1.06 bits per heavy atom. The highest BCUT2D eigenvalue weighted by Crippen LogP contribution is 2.72. The number of carbonyl (C=O) groups is 1. The third-order valence-electron chi connectivity index (χ3n) is 12.6. The number of hydrogen-bond acceptors (Lipinski definition) is 2. The molecule has 4 fully saturated rings. The second kappa shape index (κ2) is 8.81. The van der Waals surface area contributed by atoms with Gasteiger partial charge in [0.05, 0.1) is 0 Å². The molecule has 0 aromatic carbocycles. The lowest BCUT2D eigenvalue weighted by molar-refractivity contribution is -0.196. The minimum Gasteiger partial charge on any atom is -0.458 e. The molecule has 0 aromatic heterocycles. The van der Waals surface area contributed by atoms with Crippen LogP contribution in [0.1, 0.15) is 119 Å². The average molecular weight is 469 g/mol. The Morgan fingerprint density at radius 2 is 1.74 bits per heavy atom. The third-order valence-corrected chi connectivity index (χ3v) is 12.6. The maximum Gasteiger partial charge on any atom is 0.306 e. The normalized spacial score (nSPS) is 44.1. The predicted octanol–water partition coefficient (Wildman–Crippen LogP) is 8.91. The Hall–Kier alpha value is -1.05. The topological polar surface area (TPSA) is 26.3 Å². The van der Waals surface area contributed by atoms with Gasteiger partial charge in [0.1, 0.15) is 5.60 Å². The molecule has 4 rings (SSSR count). The molecule has 1 saturated heterocycles. The first-order valence-corrected chi connectivity index (χ1v) is 14.4. The van der Waals surface area contributed by atoms with Crippen LogP contribution < -0.4 is 0 Å². The lowest BCUT2D eigenvalue weighted by atomic mass is 9.43. The molecule has 0 amide bonds. The first-order chi connectivity index (χ1) is 15.8. The van der Waals surface area contributed by atoms with Crippen LogP contribution in [0, 0.1) is 45.8 Å². The van der Waals surface area contributed by atoms with Crippen molar-refractivity contribution in [2.75, 3.05) is 0 Å². The van der Waals surface area contributed by atoms with E-state index in [1.54, 1.807) is 0 Å². The maximum absolute atomic E-state index is 12.4. The molecule has 192 valence electrons. The van der Waals surface area contributed by atoms with Gasteiger partial charge in [0.25, 0.3) is 0 Å². The summed E-state index contributed by atoms with van der Waals surface area (Å²) in [6.45, 7) is 25.6. The Morgan fingerprint density at radius 3 is 2.29 bits per heavy atom. The van der Waals surface area contributed by atoms with Crippen molar-refractivity contribution in [3.05, 3.63) is 24.3 Å². The van der Waals surface area contributed by atoms with Gasteiger partial charge in [-0.15, -0.1) is 0 Å². The van der Waals surface area contributed by atoms with Crippen molar-refractivity contribution < 1.29 is 9.53 Å². The van der Waals surface area contributed by atoms with E-state index in [0.29, 0.717) is 35.0 Å².